The summed E-state index contributed by atoms with van der Waals surface area (Å²) in [6, 6.07) is 11.0. The highest BCUT2D eigenvalue weighted by Crippen LogP contribution is 2.20. The minimum Gasteiger partial charge on any atom is -0.465 e. The Labute approximate surface area is 136 Å². The highest BCUT2D eigenvalue weighted by Gasteiger charge is 2.07. The van der Waals surface area contributed by atoms with Crippen molar-refractivity contribution in [3.63, 3.8) is 0 Å². The Morgan fingerprint density at radius 1 is 1.32 bits per heavy atom. The maximum Gasteiger partial charge on any atom is 0.216 e. The molecule has 0 bridgehead atoms. The Hall–Kier alpha value is -2.44. The normalized spacial score (nSPS) is 11.7. The van der Waals surface area contributed by atoms with Crippen LogP contribution >= 0.6 is 23.8 Å². The monoisotopic (exact) mass is 330 g/mol. The van der Waals surface area contributed by atoms with E-state index >= 15 is 0 Å². The number of benzene rings is 1. The van der Waals surface area contributed by atoms with Crippen LogP contribution in [0.4, 0.5) is 0 Å². The predicted molar refractivity (Wildman–Crippen MR) is 89.5 cm³/mol. The zero-order chi connectivity index (χ0) is 15.4. The van der Waals surface area contributed by atoms with Gasteiger partial charge < -0.3 is 4.42 Å². The molecule has 3 rings (SSSR count). The number of halogens is 1. The van der Waals surface area contributed by atoms with Crippen LogP contribution in [0.25, 0.3) is 17.5 Å². The molecule has 0 aliphatic heterocycles. The van der Waals surface area contributed by atoms with Crippen LogP contribution < -0.4 is 0 Å². The number of rotatable bonds is 4. The first-order valence-corrected chi connectivity index (χ1v) is 7.20. The first-order valence-electron chi connectivity index (χ1n) is 6.42. The number of nitrogens with zero attached hydrogens (tertiary/aromatic N) is 3. The molecule has 0 aliphatic carbocycles. The number of nitrogens with one attached hydrogen (secondary N) is 1. The van der Waals surface area contributed by atoms with Crippen molar-refractivity contribution < 1.29 is 4.42 Å². The van der Waals surface area contributed by atoms with E-state index in [0.717, 1.165) is 11.3 Å². The van der Waals surface area contributed by atoms with Crippen LogP contribution in [0, 0.1) is 4.77 Å². The molecule has 0 spiro atoms. The number of hydrogen-bond acceptors (Lipinski definition) is 4. The van der Waals surface area contributed by atoms with Gasteiger partial charge in [-0.3, -0.25) is 0 Å². The van der Waals surface area contributed by atoms with Crippen molar-refractivity contribution in [1.29, 1.82) is 0 Å². The molecule has 0 amide bonds. The molecule has 2 aromatic heterocycles. The number of aromatic nitrogens is 3. The SMILES string of the molecule is S=c1[nH]nc(-c2cccc(Cl)c2)n1N=CC=Cc1ccco1. The summed E-state index contributed by atoms with van der Waals surface area (Å²) in [5.74, 6) is 1.34. The maximum absolute atomic E-state index is 6.00. The van der Waals surface area contributed by atoms with Crippen LogP contribution in [0.1, 0.15) is 5.76 Å². The summed E-state index contributed by atoms with van der Waals surface area (Å²) < 4.78 is 7.13. The molecule has 110 valence electrons. The van der Waals surface area contributed by atoms with Gasteiger partial charge in [0, 0.05) is 16.8 Å². The van der Waals surface area contributed by atoms with E-state index in [2.05, 4.69) is 15.3 Å². The lowest BCUT2D eigenvalue weighted by Gasteiger charge is -2.00. The lowest BCUT2D eigenvalue weighted by atomic mass is 10.2. The van der Waals surface area contributed by atoms with Crippen molar-refractivity contribution in [1.82, 2.24) is 14.9 Å². The molecular formula is C15H11ClN4OS. The van der Waals surface area contributed by atoms with Crippen molar-refractivity contribution in [2.75, 3.05) is 0 Å². The maximum atomic E-state index is 6.00. The molecular weight excluding hydrogens is 320 g/mol. The van der Waals surface area contributed by atoms with E-state index in [1.807, 2.05) is 24.3 Å². The number of furan rings is 1. The molecule has 1 aromatic carbocycles. The first kappa shape index (κ1) is 14.5. The predicted octanol–water partition coefficient (Wildman–Crippen LogP) is 4.40. The van der Waals surface area contributed by atoms with E-state index in [-0.39, 0.29) is 0 Å². The molecule has 0 saturated carbocycles. The number of hydrogen-bond donors (Lipinski definition) is 1. The number of aromatic amines is 1. The number of H-pyrrole nitrogens is 1. The second kappa shape index (κ2) is 6.55. The third-order valence-corrected chi connectivity index (χ3v) is 3.30. The molecule has 1 N–H and O–H groups in total. The molecule has 5 nitrogen and oxygen atoms in total. The van der Waals surface area contributed by atoms with Gasteiger partial charge in [-0.05, 0) is 48.6 Å². The molecule has 3 aromatic rings. The Morgan fingerprint density at radius 3 is 3.00 bits per heavy atom. The van der Waals surface area contributed by atoms with E-state index < -0.39 is 0 Å². The molecule has 7 heteroatoms. The fraction of sp³-hybridized carbons (Fsp3) is 0. The van der Waals surface area contributed by atoms with Gasteiger partial charge >= 0.3 is 0 Å². The smallest absolute Gasteiger partial charge is 0.216 e. The molecule has 0 atom stereocenters. The third kappa shape index (κ3) is 3.24. The Kier molecular flexibility index (Phi) is 4.32. The van der Waals surface area contributed by atoms with Crippen molar-refractivity contribution in [2.24, 2.45) is 5.10 Å². The summed E-state index contributed by atoms with van der Waals surface area (Å²) in [4.78, 5) is 0. The average Bonchev–Trinajstić information content (AvgIpc) is 3.14. The summed E-state index contributed by atoms with van der Waals surface area (Å²) in [5.41, 5.74) is 0.826. The number of allylic oxidation sites excluding steroid dienone is 1. The molecule has 0 unspecified atom stereocenters. The quantitative estimate of drug-likeness (QED) is 0.569. The zero-order valence-electron chi connectivity index (χ0n) is 11.3. The van der Waals surface area contributed by atoms with Crippen molar-refractivity contribution in [2.45, 2.75) is 0 Å². The van der Waals surface area contributed by atoms with Gasteiger partial charge in [-0.1, -0.05) is 23.7 Å². The fourth-order valence-corrected chi connectivity index (χ4v) is 2.21. The van der Waals surface area contributed by atoms with Crippen LogP contribution in [-0.2, 0) is 0 Å². The highest BCUT2D eigenvalue weighted by atomic mass is 35.5. The fourth-order valence-electron chi connectivity index (χ4n) is 1.84. The van der Waals surface area contributed by atoms with Crippen LogP contribution in [-0.4, -0.2) is 21.1 Å². The van der Waals surface area contributed by atoms with Crippen LogP contribution in [0.3, 0.4) is 0 Å². The lowest BCUT2D eigenvalue weighted by molar-refractivity contribution is 0.557. The van der Waals surface area contributed by atoms with E-state index in [1.165, 1.54) is 4.68 Å². The molecule has 22 heavy (non-hydrogen) atoms. The molecule has 0 aliphatic rings. The molecule has 0 fully saturated rings. The zero-order valence-corrected chi connectivity index (χ0v) is 12.9. The van der Waals surface area contributed by atoms with E-state index in [0.29, 0.717) is 15.6 Å². The Bertz CT molecular complexity index is 877. The summed E-state index contributed by atoms with van der Waals surface area (Å²) in [6.45, 7) is 0. The van der Waals surface area contributed by atoms with Gasteiger partial charge in [0.05, 0.1) is 6.26 Å². The van der Waals surface area contributed by atoms with Gasteiger partial charge in [0.15, 0.2) is 5.82 Å². The van der Waals surface area contributed by atoms with E-state index in [4.69, 9.17) is 28.2 Å². The molecule has 0 saturated heterocycles. The summed E-state index contributed by atoms with van der Waals surface area (Å²) >= 11 is 11.2. The Morgan fingerprint density at radius 2 is 2.23 bits per heavy atom. The van der Waals surface area contributed by atoms with Crippen molar-refractivity contribution in [3.8, 4) is 11.4 Å². The summed E-state index contributed by atoms with van der Waals surface area (Å²) in [5, 5.41) is 11.8. The second-order valence-electron chi connectivity index (χ2n) is 4.31. The topological polar surface area (TPSA) is 59.1 Å². The second-order valence-corrected chi connectivity index (χ2v) is 5.14. The third-order valence-electron chi connectivity index (χ3n) is 2.81. The lowest BCUT2D eigenvalue weighted by Crippen LogP contribution is -1.93. The van der Waals surface area contributed by atoms with Gasteiger partial charge in [-0.25, -0.2) is 5.10 Å². The largest absolute Gasteiger partial charge is 0.465 e. The van der Waals surface area contributed by atoms with Gasteiger partial charge in [0.1, 0.15) is 5.76 Å². The van der Waals surface area contributed by atoms with Gasteiger partial charge in [0.2, 0.25) is 4.77 Å². The van der Waals surface area contributed by atoms with E-state index in [1.54, 1.807) is 36.8 Å². The summed E-state index contributed by atoms with van der Waals surface area (Å²) in [6.07, 6.45) is 6.78. The molecule has 0 radical (unpaired) electrons. The first-order chi connectivity index (χ1) is 10.7. The summed E-state index contributed by atoms with van der Waals surface area (Å²) in [7, 11) is 0. The van der Waals surface area contributed by atoms with Crippen LogP contribution in [0.5, 0.6) is 0 Å². The minimum atomic E-state index is 0.401. The van der Waals surface area contributed by atoms with Crippen LogP contribution in [0.2, 0.25) is 5.02 Å². The van der Waals surface area contributed by atoms with E-state index in [9.17, 15) is 0 Å². The van der Waals surface area contributed by atoms with Crippen LogP contribution in [0.15, 0.2) is 58.3 Å². The van der Waals surface area contributed by atoms with Gasteiger partial charge in [0.25, 0.3) is 0 Å². The average molecular weight is 331 g/mol. The van der Waals surface area contributed by atoms with Crippen molar-refractivity contribution in [3.05, 3.63) is 64.3 Å². The van der Waals surface area contributed by atoms with Crippen molar-refractivity contribution >= 4 is 36.1 Å². The standard InChI is InChI=1S/C15H11ClN4OS/c16-12-5-1-4-11(10-12)14-18-19-15(22)20(14)17-8-2-6-13-7-3-9-21-13/h1-10H,(H,19,22). The minimum absolute atomic E-state index is 0.401. The van der Waals surface area contributed by atoms with Gasteiger partial charge in [-0.2, -0.15) is 14.9 Å². The molecule has 2 heterocycles. The van der Waals surface area contributed by atoms with Gasteiger partial charge in [-0.15, -0.1) is 0 Å². The Balaban J connectivity index is 1.88. The highest BCUT2D eigenvalue weighted by molar-refractivity contribution is 7.71.